The molecule has 0 radical (unpaired) electrons. The van der Waals surface area contributed by atoms with Gasteiger partial charge in [-0.25, -0.2) is 0 Å². The maximum absolute atomic E-state index is 5.61. The highest BCUT2D eigenvalue weighted by Crippen LogP contribution is 2.42. The standard InChI is InChI=1S/C30H33BN2O2S2/c1-30(2,3)20-16-27-29-28(17-20)37-26-19-22(33-10-14-35-15-11-33)5-7-24(26)31(29)23-6-4-21(18-25(23)36-27)32-8-12-34-13-9-32/h4-7,16-19H,8-15H2,1-3H3. The molecule has 7 heteroatoms. The van der Waals surface area contributed by atoms with Gasteiger partial charge in [0.1, 0.15) is 0 Å². The van der Waals surface area contributed by atoms with Gasteiger partial charge >= 0.3 is 0 Å². The maximum Gasteiger partial charge on any atom is 0.247 e. The van der Waals surface area contributed by atoms with Crippen LogP contribution >= 0.6 is 23.5 Å². The number of ether oxygens (including phenoxy) is 2. The number of morpholine rings is 2. The van der Waals surface area contributed by atoms with Crippen molar-refractivity contribution in [3.8, 4) is 0 Å². The number of nitrogens with zero attached hydrogens (tertiary/aromatic N) is 2. The van der Waals surface area contributed by atoms with Gasteiger partial charge in [-0.15, -0.1) is 0 Å². The molecule has 4 heterocycles. The van der Waals surface area contributed by atoms with Crippen LogP contribution in [0.3, 0.4) is 0 Å². The van der Waals surface area contributed by atoms with Gasteiger partial charge in [-0.2, -0.15) is 0 Å². The highest BCUT2D eigenvalue weighted by Gasteiger charge is 2.39. The quantitative estimate of drug-likeness (QED) is 0.320. The van der Waals surface area contributed by atoms with E-state index in [1.807, 2.05) is 23.5 Å². The summed E-state index contributed by atoms with van der Waals surface area (Å²) in [6, 6.07) is 19.3. The first-order valence-electron chi connectivity index (χ1n) is 13.4. The van der Waals surface area contributed by atoms with Crippen LogP contribution in [0.4, 0.5) is 11.4 Å². The second-order valence-corrected chi connectivity index (χ2v) is 13.6. The molecular weight excluding hydrogens is 495 g/mol. The van der Waals surface area contributed by atoms with Crippen LogP contribution in [0.5, 0.6) is 0 Å². The molecule has 2 fully saturated rings. The average Bonchev–Trinajstić information content (AvgIpc) is 2.92. The van der Waals surface area contributed by atoms with E-state index in [2.05, 4.69) is 79.1 Å². The topological polar surface area (TPSA) is 24.9 Å². The van der Waals surface area contributed by atoms with Crippen molar-refractivity contribution in [3.05, 3.63) is 54.1 Å². The summed E-state index contributed by atoms with van der Waals surface area (Å²) in [6.45, 7) is 14.4. The number of rotatable bonds is 2. The third kappa shape index (κ3) is 4.28. The molecule has 0 N–H and O–H groups in total. The van der Waals surface area contributed by atoms with Gasteiger partial charge in [0.15, 0.2) is 0 Å². The molecule has 2 saturated heterocycles. The lowest BCUT2D eigenvalue weighted by atomic mass is 9.36. The van der Waals surface area contributed by atoms with Gasteiger partial charge in [0.2, 0.25) is 6.71 Å². The molecule has 3 aromatic rings. The van der Waals surface area contributed by atoms with Crippen molar-refractivity contribution >= 4 is 58.0 Å². The molecule has 0 aliphatic carbocycles. The summed E-state index contributed by atoms with van der Waals surface area (Å²) < 4.78 is 11.2. The van der Waals surface area contributed by atoms with Crippen molar-refractivity contribution in [3.63, 3.8) is 0 Å². The summed E-state index contributed by atoms with van der Waals surface area (Å²) in [7, 11) is 0. The van der Waals surface area contributed by atoms with E-state index < -0.39 is 0 Å². The normalized spacial score (nSPS) is 18.8. The zero-order valence-corrected chi connectivity index (χ0v) is 23.5. The number of hydrogen-bond donors (Lipinski definition) is 0. The molecule has 4 aliphatic rings. The van der Waals surface area contributed by atoms with E-state index in [4.69, 9.17) is 9.47 Å². The maximum atomic E-state index is 5.61. The Morgan fingerprint density at radius 2 is 1.11 bits per heavy atom. The summed E-state index contributed by atoms with van der Waals surface area (Å²) in [5.41, 5.74) is 8.55. The highest BCUT2D eigenvalue weighted by molar-refractivity contribution is 8.01. The minimum atomic E-state index is 0.105. The van der Waals surface area contributed by atoms with Crippen molar-refractivity contribution in [2.75, 3.05) is 62.4 Å². The summed E-state index contributed by atoms with van der Waals surface area (Å²) in [6.07, 6.45) is 0. The SMILES string of the molecule is CC(C)(C)c1cc2c3c(c1)Sc1cc(N4CCOCC4)ccc1B3c1ccc(N3CCOCC3)cc1S2. The molecule has 7 rings (SSSR count). The smallest absolute Gasteiger partial charge is 0.247 e. The van der Waals surface area contributed by atoms with E-state index in [1.165, 1.54) is 52.9 Å². The Labute approximate surface area is 229 Å². The summed E-state index contributed by atoms with van der Waals surface area (Å²) in [5.74, 6) is 0. The van der Waals surface area contributed by atoms with Crippen LogP contribution in [0.25, 0.3) is 0 Å². The summed E-state index contributed by atoms with van der Waals surface area (Å²) >= 11 is 3.93. The zero-order chi connectivity index (χ0) is 25.1. The molecular formula is C30H33BN2O2S2. The fraction of sp³-hybridized carbons (Fsp3) is 0.400. The van der Waals surface area contributed by atoms with Crippen LogP contribution in [0.15, 0.2) is 68.1 Å². The molecule has 0 bridgehead atoms. The van der Waals surface area contributed by atoms with Crippen LogP contribution in [-0.2, 0) is 14.9 Å². The fourth-order valence-electron chi connectivity index (χ4n) is 5.94. The summed E-state index contributed by atoms with van der Waals surface area (Å²) in [5, 5.41) is 0. The van der Waals surface area contributed by atoms with E-state index in [-0.39, 0.29) is 12.1 Å². The van der Waals surface area contributed by atoms with Gasteiger partial charge in [0.05, 0.1) is 26.4 Å². The third-order valence-corrected chi connectivity index (χ3v) is 10.3. The van der Waals surface area contributed by atoms with Crippen LogP contribution in [0.2, 0.25) is 0 Å². The molecule has 4 aliphatic heterocycles. The molecule has 0 aromatic heterocycles. The minimum Gasteiger partial charge on any atom is -0.378 e. The lowest BCUT2D eigenvalue weighted by Gasteiger charge is -2.36. The first-order valence-corrected chi connectivity index (χ1v) is 15.1. The van der Waals surface area contributed by atoms with E-state index >= 15 is 0 Å². The number of benzene rings is 3. The predicted molar refractivity (Wildman–Crippen MR) is 157 cm³/mol. The third-order valence-electron chi connectivity index (χ3n) is 8.07. The van der Waals surface area contributed by atoms with Crippen LogP contribution in [0.1, 0.15) is 26.3 Å². The molecule has 0 unspecified atom stereocenters. The lowest BCUT2D eigenvalue weighted by Crippen LogP contribution is -2.58. The van der Waals surface area contributed by atoms with Gasteiger partial charge in [-0.05, 0) is 52.8 Å². The van der Waals surface area contributed by atoms with Crippen molar-refractivity contribution in [2.45, 2.75) is 45.8 Å². The molecule has 37 heavy (non-hydrogen) atoms. The largest absolute Gasteiger partial charge is 0.378 e. The molecule has 0 spiro atoms. The predicted octanol–water partition coefficient (Wildman–Crippen LogP) is 4.10. The van der Waals surface area contributed by atoms with Gasteiger partial charge in [-0.1, -0.05) is 67.4 Å². The van der Waals surface area contributed by atoms with Crippen LogP contribution in [0, 0.1) is 0 Å². The number of anilines is 2. The lowest BCUT2D eigenvalue weighted by molar-refractivity contribution is 0.122. The second-order valence-electron chi connectivity index (χ2n) is 11.4. The van der Waals surface area contributed by atoms with Crippen LogP contribution < -0.4 is 26.2 Å². The molecule has 0 saturated carbocycles. The molecule has 0 amide bonds. The molecule has 190 valence electrons. The number of fused-ring (bicyclic) bond motifs is 4. The van der Waals surface area contributed by atoms with E-state index in [0.717, 1.165) is 52.6 Å². The van der Waals surface area contributed by atoms with Crippen molar-refractivity contribution < 1.29 is 9.47 Å². The van der Waals surface area contributed by atoms with E-state index in [0.29, 0.717) is 0 Å². The Kier molecular flexibility index (Phi) is 6.04. The summed E-state index contributed by atoms with van der Waals surface area (Å²) in [4.78, 5) is 10.6. The molecule has 4 nitrogen and oxygen atoms in total. The zero-order valence-electron chi connectivity index (χ0n) is 21.9. The Bertz CT molecular complexity index is 1270. The van der Waals surface area contributed by atoms with Gasteiger partial charge < -0.3 is 19.3 Å². The fourth-order valence-corrected chi connectivity index (χ4v) is 8.49. The molecule has 3 aromatic carbocycles. The van der Waals surface area contributed by atoms with Gasteiger partial charge in [0.25, 0.3) is 0 Å². The second kappa shape index (κ2) is 9.30. The van der Waals surface area contributed by atoms with E-state index in [1.54, 1.807) is 0 Å². The minimum absolute atomic E-state index is 0.105. The highest BCUT2D eigenvalue weighted by atomic mass is 32.2. The Balaban J connectivity index is 1.36. The Morgan fingerprint density at radius 1 is 0.649 bits per heavy atom. The monoisotopic (exact) mass is 528 g/mol. The van der Waals surface area contributed by atoms with Gasteiger partial charge in [0, 0.05) is 57.1 Å². The molecule has 0 atom stereocenters. The number of hydrogen-bond acceptors (Lipinski definition) is 6. The first-order chi connectivity index (χ1) is 18.0. The van der Waals surface area contributed by atoms with Crippen molar-refractivity contribution in [1.82, 2.24) is 0 Å². The van der Waals surface area contributed by atoms with Gasteiger partial charge in [-0.3, -0.25) is 0 Å². The van der Waals surface area contributed by atoms with E-state index in [9.17, 15) is 0 Å². The van der Waals surface area contributed by atoms with Crippen molar-refractivity contribution in [1.29, 1.82) is 0 Å². The Hall–Kier alpha value is -2.06. The average molecular weight is 529 g/mol. The van der Waals surface area contributed by atoms with Crippen LogP contribution in [-0.4, -0.2) is 59.3 Å². The van der Waals surface area contributed by atoms with Crippen molar-refractivity contribution in [2.24, 2.45) is 0 Å². The Morgan fingerprint density at radius 3 is 1.54 bits per heavy atom. The first kappa shape index (κ1) is 24.0.